The maximum Gasteiger partial charge on any atom is 0.319 e. The molecule has 0 aliphatic heterocycles. The Labute approximate surface area is 233 Å². The van der Waals surface area contributed by atoms with E-state index in [0.29, 0.717) is 24.4 Å². The van der Waals surface area contributed by atoms with Crippen LogP contribution in [-0.2, 0) is 16.6 Å². The molecule has 4 aromatic rings. The Morgan fingerprint density at radius 3 is 2.42 bits per heavy atom. The fourth-order valence-electron chi connectivity index (χ4n) is 5.71. The van der Waals surface area contributed by atoms with E-state index in [-0.39, 0.29) is 17.1 Å². The second kappa shape index (κ2) is 12.2. The third-order valence-electron chi connectivity index (χ3n) is 7.94. The number of halogens is 1. The summed E-state index contributed by atoms with van der Waals surface area (Å²) in [6.07, 6.45) is 7.27. The molecule has 5 rings (SSSR count). The van der Waals surface area contributed by atoms with E-state index < -0.39 is 12.1 Å². The molecule has 40 heavy (non-hydrogen) atoms. The van der Waals surface area contributed by atoms with Gasteiger partial charge in [0.15, 0.2) is 0 Å². The van der Waals surface area contributed by atoms with Gasteiger partial charge in [-0.3, -0.25) is 4.79 Å². The number of para-hydroxylation sites is 1. The third-order valence-corrected chi connectivity index (χ3v) is 7.94. The summed E-state index contributed by atoms with van der Waals surface area (Å²) >= 11 is 0. The van der Waals surface area contributed by atoms with Gasteiger partial charge in [0.2, 0.25) is 5.91 Å². The molecule has 1 aromatic heterocycles. The van der Waals surface area contributed by atoms with Gasteiger partial charge in [0.1, 0.15) is 17.6 Å². The molecule has 4 N–H and O–H groups in total. The van der Waals surface area contributed by atoms with E-state index in [2.05, 4.69) is 20.9 Å². The van der Waals surface area contributed by atoms with Crippen LogP contribution < -0.4 is 20.7 Å². The van der Waals surface area contributed by atoms with Crippen LogP contribution >= 0.6 is 0 Å². The van der Waals surface area contributed by atoms with Gasteiger partial charge in [-0.15, -0.1) is 0 Å². The van der Waals surface area contributed by atoms with Crippen LogP contribution in [0, 0.1) is 5.82 Å². The molecule has 1 heterocycles. The lowest BCUT2D eigenvalue weighted by atomic mass is 9.69. The first-order valence-electron chi connectivity index (χ1n) is 13.8. The largest absolute Gasteiger partial charge is 0.497 e. The number of fused-ring (bicyclic) bond motifs is 1. The predicted octanol–water partition coefficient (Wildman–Crippen LogP) is 6.07. The van der Waals surface area contributed by atoms with Gasteiger partial charge >= 0.3 is 6.03 Å². The van der Waals surface area contributed by atoms with Crippen molar-refractivity contribution in [2.45, 2.75) is 50.0 Å². The van der Waals surface area contributed by atoms with Crippen LogP contribution in [0.3, 0.4) is 0 Å². The van der Waals surface area contributed by atoms with Gasteiger partial charge in [-0.25, -0.2) is 9.18 Å². The van der Waals surface area contributed by atoms with Gasteiger partial charge < -0.3 is 25.7 Å². The Morgan fingerprint density at radius 2 is 1.70 bits per heavy atom. The molecular formula is C32H35FN4O3. The van der Waals surface area contributed by atoms with Crippen molar-refractivity contribution in [3.05, 3.63) is 95.9 Å². The number of hydrogen-bond acceptors (Lipinski definition) is 3. The summed E-state index contributed by atoms with van der Waals surface area (Å²) in [5.41, 5.74) is 3.26. The first-order valence-corrected chi connectivity index (χ1v) is 13.8. The van der Waals surface area contributed by atoms with E-state index in [1.807, 2.05) is 42.6 Å². The highest BCUT2D eigenvalue weighted by molar-refractivity contribution is 5.94. The number of methoxy groups -OCH3 is 1. The Kier molecular flexibility index (Phi) is 8.34. The van der Waals surface area contributed by atoms with Gasteiger partial charge in [0.25, 0.3) is 0 Å². The van der Waals surface area contributed by atoms with Crippen LogP contribution in [0.15, 0.2) is 79.0 Å². The SMILES string of the molecule is COc1ccc(NC(=O)N[C@@H](Cc2c[nH]c3ccccc23)C(=O)NCC2(c3ccc(F)cc3)CCCCC2)cc1. The first kappa shape index (κ1) is 27.2. The molecule has 3 aromatic carbocycles. The van der Waals surface area contributed by atoms with Crippen LogP contribution in [0.5, 0.6) is 5.75 Å². The number of anilines is 1. The van der Waals surface area contributed by atoms with E-state index in [1.165, 1.54) is 12.1 Å². The van der Waals surface area contributed by atoms with Gasteiger partial charge in [0, 0.05) is 41.2 Å². The Morgan fingerprint density at radius 1 is 0.975 bits per heavy atom. The summed E-state index contributed by atoms with van der Waals surface area (Å²) in [7, 11) is 1.58. The molecule has 208 valence electrons. The molecule has 3 amide bonds. The average molecular weight is 543 g/mol. The molecule has 1 fully saturated rings. The van der Waals surface area contributed by atoms with Crippen molar-refractivity contribution in [3.8, 4) is 5.75 Å². The Bertz CT molecular complexity index is 1440. The molecule has 0 radical (unpaired) electrons. The topological polar surface area (TPSA) is 95.2 Å². The van der Waals surface area contributed by atoms with Crippen LogP contribution in [-0.4, -0.2) is 36.6 Å². The minimum Gasteiger partial charge on any atom is -0.497 e. The van der Waals surface area contributed by atoms with E-state index in [1.54, 1.807) is 31.4 Å². The number of amides is 3. The highest BCUT2D eigenvalue weighted by atomic mass is 19.1. The molecule has 0 spiro atoms. The first-order chi connectivity index (χ1) is 19.5. The molecule has 0 bridgehead atoms. The number of carbonyl (C=O) groups is 2. The van der Waals surface area contributed by atoms with Crippen molar-refractivity contribution < 1.29 is 18.7 Å². The zero-order chi connectivity index (χ0) is 28.0. The van der Waals surface area contributed by atoms with E-state index in [4.69, 9.17) is 4.74 Å². The summed E-state index contributed by atoms with van der Waals surface area (Å²) in [5, 5.41) is 9.85. The summed E-state index contributed by atoms with van der Waals surface area (Å²) in [6, 6.07) is 20.2. The third kappa shape index (κ3) is 6.28. The molecule has 1 atom stereocenters. The second-order valence-corrected chi connectivity index (χ2v) is 10.5. The van der Waals surface area contributed by atoms with Gasteiger partial charge in [-0.2, -0.15) is 0 Å². The maximum absolute atomic E-state index is 13.7. The number of ether oxygens (including phenoxy) is 1. The van der Waals surface area contributed by atoms with Crippen LogP contribution in [0.4, 0.5) is 14.9 Å². The van der Waals surface area contributed by atoms with Gasteiger partial charge in [-0.05, 0) is 66.4 Å². The Hall–Kier alpha value is -4.33. The zero-order valence-corrected chi connectivity index (χ0v) is 22.6. The number of hydrogen-bond donors (Lipinski definition) is 4. The second-order valence-electron chi connectivity index (χ2n) is 10.5. The van der Waals surface area contributed by atoms with Crippen molar-refractivity contribution in [3.63, 3.8) is 0 Å². The zero-order valence-electron chi connectivity index (χ0n) is 22.6. The number of rotatable bonds is 9. The standard InChI is InChI=1S/C32H35FN4O3/c1-40-26-15-13-25(14-16-26)36-31(39)37-29(19-22-20-34-28-8-4-3-7-27(22)28)30(38)35-21-32(17-5-2-6-18-32)23-9-11-24(33)12-10-23/h3-4,7-16,20,29,34H,2,5-6,17-19,21H2,1H3,(H,35,38)(H2,36,37,39)/t29-/m0/s1. The highest BCUT2D eigenvalue weighted by Gasteiger charge is 2.35. The molecule has 7 nitrogen and oxygen atoms in total. The van der Waals surface area contributed by atoms with Crippen molar-refractivity contribution in [2.75, 3.05) is 19.0 Å². The van der Waals surface area contributed by atoms with Crippen LogP contribution in [0.2, 0.25) is 0 Å². The molecular weight excluding hydrogens is 507 g/mol. The fraction of sp³-hybridized carbons (Fsp3) is 0.312. The minimum atomic E-state index is -0.814. The normalized spacial score (nSPS) is 15.2. The number of benzene rings is 3. The molecule has 8 heteroatoms. The number of urea groups is 1. The minimum absolute atomic E-state index is 0.262. The fourth-order valence-corrected chi connectivity index (χ4v) is 5.71. The summed E-state index contributed by atoms with van der Waals surface area (Å²) in [5.74, 6) is 0.146. The van der Waals surface area contributed by atoms with Crippen LogP contribution in [0.1, 0.15) is 43.2 Å². The summed E-state index contributed by atoms with van der Waals surface area (Å²) < 4.78 is 18.9. The monoisotopic (exact) mass is 542 g/mol. The predicted molar refractivity (Wildman–Crippen MR) is 155 cm³/mol. The van der Waals surface area contributed by atoms with Gasteiger partial charge in [0.05, 0.1) is 7.11 Å². The number of carbonyl (C=O) groups excluding carboxylic acids is 2. The lowest BCUT2D eigenvalue weighted by molar-refractivity contribution is -0.123. The van der Waals surface area contributed by atoms with Crippen LogP contribution in [0.25, 0.3) is 10.9 Å². The van der Waals surface area contributed by atoms with E-state index >= 15 is 0 Å². The summed E-state index contributed by atoms with van der Waals surface area (Å²) in [4.78, 5) is 30.0. The molecule has 1 aliphatic carbocycles. The quantitative estimate of drug-likeness (QED) is 0.207. The summed E-state index contributed by atoms with van der Waals surface area (Å²) in [6.45, 7) is 0.420. The van der Waals surface area contributed by atoms with E-state index in [9.17, 15) is 14.0 Å². The maximum atomic E-state index is 13.7. The van der Waals surface area contributed by atoms with E-state index in [0.717, 1.165) is 54.1 Å². The molecule has 0 saturated heterocycles. The number of aromatic nitrogens is 1. The average Bonchev–Trinajstić information content (AvgIpc) is 3.39. The van der Waals surface area contributed by atoms with Crippen molar-refractivity contribution in [2.24, 2.45) is 0 Å². The smallest absolute Gasteiger partial charge is 0.319 e. The highest BCUT2D eigenvalue weighted by Crippen LogP contribution is 2.39. The van der Waals surface area contributed by atoms with Gasteiger partial charge in [-0.1, -0.05) is 49.6 Å². The number of H-pyrrole nitrogens is 1. The lowest BCUT2D eigenvalue weighted by Crippen LogP contribution is -2.52. The molecule has 0 unspecified atom stereocenters. The van der Waals surface area contributed by atoms with Crippen molar-refractivity contribution in [1.29, 1.82) is 0 Å². The van der Waals surface area contributed by atoms with Crippen molar-refractivity contribution >= 4 is 28.5 Å². The number of nitrogens with one attached hydrogen (secondary N) is 4. The lowest BCUT2D eigenvalue weighted by Gasteiger charge is -2.38. The molecule has 1 saturated carbocycles. The number of aromatic amines is 1. The molecule has 1 aliphatic rings. The Balaban J connectivity index is 1.34. The van der Waals surface area contributed by atoms with Crippen molar-refractivity contribution in [1.82, 2.24) is 15.6 Å².